The van der Waals surface area contributed by atoms with Crippen molar-refractivity contribution in [2.75, 3.05) is 11.9 Å². The van der Waals surface area contributed by atoms with Gasteiger partial charge in [-0.25, -0.2) is 4.79 Å². The summed E-state index contributed by atoms with van der Waals surface area (Å²) in [6.45, 7) is -1.54. The largest absolute Gasteiger partial charge is 0.451 e. The van der Waals surface area contributed by atoms with Crippen LogP contribution in [0.25, 0.3) is 10.1 Å². The summed E-state index contributed by atoms with van der Waals surface area (Å²) < 4.78 is 34.5. The Hall–Kier alpha value is -3.00. The van der Waals surface area contributed by atoms with Crippen molar-refractivity contribution in [1.29, 1.82) is 0 Å². The van der Waals surface area contributed by atoms with E-state index in [-0.39, 0.29) is 5.75 Å². The Morgan fingerprint density at radius 3 is 2.48 bits per heavy atom. The SMILES string of the molecule is Cc1c(C(=O)OCC(=O)Nc2ccc(OC(F)F)cc2)sc2ccccc12. The maximum Gasteiger partial charge on any atom is 0.387 e. The second kappa shape index (κ2) is 8.13. The van der Waals surface area contributed by atoms with Gasteiger partial charge in [0.2, 0.25) is 0 Å². The zero-order valence-corrected chi connectivity index (χ0v) is 15.0. The molecule has 0 radical (unpaired) electrons. The van der Waals surface area contributed by atoms with E-state index in [1.165, 1.54) is 35.6 Å². The molecule has 1 aromatic heterocycles. The molecule has 3 rings (SSSR count). The van der Waals surface area contributed by atoms with Gasteiger partial charge in [0.25, 0.3) is 5.91 Å². The molecule has 0 saturated carbocycles. The summed E-state index contributed by atoms with van der Waals surface area (Å²) >= 11 is 1.31. The van der Waals surface area contributed by atoms with Crippen molar-refractivity contribution in [2.45, 2.75) is 13.5 Å². The lowest BCUT2D eigenvalue weighted by molar-refractivity contribution is -0.119. The number of esters is 1. The molecule has 5 nitrogen and oxygen atoms in total. The fourth-order valence-electron chi connectivity index (χ4n) is 2.48. The van der Waals surface area contributed by atoms with Crippen molar-refractivity contribution in [3.05, 3.63) is 59.0 Å². The number of aryl methyl sites for hydroxylation is 1. The quantitative estimate of drug-likeness (QED) is 0.624. The van der Waals surface area contributed by atoms with Gasteiger partial charge in [-0.05, 0) is 48.2 Å². The van der Waals surface area contributed by atoms with E-state index in [1.807, 2.05) is 31.2 Å². The van der Waals surface area contributed by atoms with Crippen molar-refractivity contribution in [2.24, 2.45) is 0 Å². The number of fused-ring (bicyclic) bond motifs is 1. The first-order chi connectivity index (χ1) is 12.9. The fourth-order valence-corrected chi connectivity index (χ4v) is 3.59. The molecule has 1 heterocycles. The number of benzene rings is 2. The Bertz CT molecular complexity index is 970. The molecule has 8 heteroatoms. The number of halogens is 2. The Balaban J connectivity index is 1.56. The third-order valence-electron chi connectivity index (χ3n) is 3.73. The average molecular weight is 391 g/mol. The normalized spacial score (nSPS) is 10.8. The Morgan fingerprint density at radius 1 is 1.11 bits per heavy atom. The predicted molar refractivity (Wildman–Crippen MR) is 98.5 cm³/mol. The predicted octanol–water partition coefficient (Wildman–Crippen LogP) is 4.61. The molecule has 0 unspecified atom stereocenters. The lowest BCUT2D eigenvalue weighted by atomic mass is 10.1. The number of carbonyl (C=O) groups is 2. The number of anilines is 1. The zero-order chi connectivity index (χ0) is 19.4. The van der Waals surface area contributed by atoms with E-state index < -0.39 is 25.1 Å². The summed E-state index contributed by atoms with van der Waals surface area (Å²) in [5.74, 6) is -1.12. The minimum absolute atomic E-state index is 0.0188. The van der Waals surface area contributed by atoms with E-state index in [0.29, 0.717) is 10.6 Å². The van der Waals surface area contributed by atoms with Crippen LogP contribution in [0.4, 0.5) is 14.5 Å². The van der Waals surface area contributed by atoms with Crippen LogP contribution in [0.5, 0.6) is 5.75 Å². The smallest absolute Gasteiger partial charge is 0.387 e. The van der Waals surface area contributed by atoms with Crippen LogP contribution in [-0.4, -0.2) is 25.1 Å². The number of amides is 1. The summed E-state index contributed by atoms with van der Waals surface area (Å²) in [5.41, 5.74) is 1.19. The molecule has 0 aliphatic heterocycles. The summed E-state index contributed by atoms with van der Waals surface area (Å²) in [7, 11) is 0. The van der Waals surface area contributed by atoms with E-state index >= 15 is 0 Å². The van der Waals surface area contributed by atoms with Crippen LogP contribution >= 0.6 is 11.3 Å². The third kappa shape index (κ3) is 4.59. The number of hydrogen-bond acceptors (Lipinski definition) is 5. The number of ether oxygens (including phenoxy) is 2. The van der Waals surface area contributed by atoms with Gasteiger partial charge < -0.3 is 14.8 Å². The van der Waals surface area contributed by atoms with E-state index in [1.54, 1.807) is 0 Å². The highest BCUT2D eigenvalue weighted by atomic mass is 32.1. The van der Waals surface area contributed by atoms with Crippen molar-refractivity contribution < 1.29 is 27.8 Å². The van der Waals surface area contributed by atoms with Gasteiger partial charge in [-0.2, -0.15) is 8.78 Å². The maximum atomic E-state index is 12.3. The molecule has 0 atom stereocenters. The summed E-state index contributed by atoms with van der Waals surface area (Å²) in [6, 6.07) is 13.0. The molecule has 140 valence electrons. The Morgan fingerprint density at radius 2 is 1.81 bits per heavy atom. The number of rotatable bonds is 6. The third-order valence-corrected chi connectivity index (χ3v) is 4.98. The summed E-state index contributed by atoms with van der Waals surface area (Å²) in [4.78, 5) is 24.6. The van der Waals surface area contributed by atoms with Gasteiger partial charge in [-0.15, -0.1) is 11.3 Å². The van der Waals surface area contributed by atoms with Crippen LogP contribution < -0.4 is 10.1 Å². The molecule has 2 aromatic carbocycles. The number of hydrogen-bond donors (Lipinski definition) is 1. The highest BCUT2D eigenvalue weighted by molar-refractivity contribution is 7.21. The second-order valence-corrected chi connectivity index (χ2v) is 6.63. The molecule has 0 spiro atoms. The van der Waals surface area contributed by atoms with E-state index in [4.69, 9.17) is 4.74 Å². The molecular weight excluding hydrogens is 376 g/mol. The summed E-state index contributed by atoms with van der Waals surface area (Å²) in [5, 5.41) is 3.49. The van der Waals surface area contributed by atoms with Crippen molar-refractivity contribution in [1.82, 2.24) is 0 Å². The van der Waals surface area contributed by atoms with Crippen molar-refractivity contribution in [3.8, 4) is 5.75 Å². The average Bonchev–Trinajstić information content (AvgIpc) is 2.98. The van der Waals surface area contributed by atoms with E-state index in [9.17, 15) is 18.4 Å². The molecule has 0 aliphatic rings. The maximum absolute atomic E-state index is 12.3. The Labute approximate surface area is 157 Å². The number of alkyl halides is 2. The standard InChI is InChI=1S/C19H15F2NO4S/c1-11-14-4-2-3-5-15(14)27-17(11)18(24)25-10-16(23)22-12-6-8-13(9-7-12)26-19(20)21/h2-9,19H,10H2,1H3,(H,22,23). The van der Waals surface area contributed by atoms with Gasteiger partial charge in [0.1, 0.15) is 10.6 Å². The van der Waals surface area contributed by atoms with Crippen LogP contribution in [0.3, 0.4) is 0 Å². The zero-order valence-electron chi connectivity index (χ0n) is 14.2. The highest BCUT2D eigenvalue weighted by Crippen LogP contribution is 2.31. The molecule has 27 heavy (non-hydrogen) atoms. The van der Waals surface area contributed by atoms with Gasteiger partial charge in [-0.1, -0.05) is 18.2 Å². The van der Waals surface area contributed by atoms with E-state index in [2.05, 4.69) is 10.1 Å². The van der Waals surface area contributed by atoms with Gasteiger partial charge in [0, 0.05) is 10.4 Å². The Kier molecular flexibility index (Phi) is 5.66. The van der Waals surface area contributed by atoms with Gasteiger partial charge >= 0.3 is 12.6 Å². The van der Waals surface area contributed by atoms with Gasteiger partial charge in [0.15, 0.2) is 6.61 Å². The minimum atomic E-state index is -2.91. The lowest BCUT2D eigenvalue weighted by Gasteiger charge is -2.08. The van der Waals surface area contributed by atoms with Crippen molar-refractivity contribution in [3.63, 3.8) is 0 Å². The van der Waals surface area contributed by atoms with Crippen LogP contribution in [0, 0.1) is 6.92 Å². The first-order valence-electron chi connectivity index (χ1n) is 7.94. The van der Waals surface area contributed by atoms with Gasteiger partial charge in [-0.3, -0.25) is 4.79 Å². The monoisotopic (exact) mass is 391 g/mol. The minimum Gasteiger partial charge on any atom is -0.451 e. The van der Waals surface area contributed by atoms with Crippen LogP contribution in [0.2, 0.25) is 0 Å². The lowest BCUT2D eigenvalue weighted by Crippen LogP contribution is -2.20. The first-order valence-corrected chi connectivity index (χ1v) is 8.75. The molecule has 0 fully saturated rings. The number of carbonyl (C=O) groups excluding carboxylic acids is 2. The number of thiophene rings is 1. The topological polar surface area (TPSA) is 64.6 Å². The van der Waals surface area contributed by atoms with E-state index in [0.717, 1.165) is 15.6 Å². The molecule has 0 bridgehead atoms. The number of nitrogens with one attached hydrogen (secondary N) is 1. The summed E-state index contributed by atoms with van der Waals surface area (Å²) in [6.07, 6.45) is 0. The molecule has 0 saturated heterocycles. The second-order valence-electron chi connectivity index (χ2n) is 5.58. The molecule has 0 aliphatic carbocycles. The fraction of sp³-hybridized carbons (Fsp3) is 0.158. The molecule has 1 N–H and O–H groups in total. The highest BCUT2D eigenvalue weighted by Gasteiger charge is 2.17. The van der Waals surface area contributed by atoms with Crippen LogP contribution in [-0.2, 0) is 9.53 Å². The molecular formula is C19H15F2NO4S. The molecule has 3 aromatic rings. The van der Waals surface area contributed by atoms with Crippen LogP contribution in [0.1, 0.15) is 15.2 Å². The van der Waals surface area contributed by atoms with Crippen molar-refractivity contribution >= 4 is 39.0 Å². The first kappa shape index (κ1) is 18.8. The van der Waals surface area contributed by atoms with Crippen LogP contribution in [0.15, 0.2) is 48.5 Å². The van der Waals surface area contributed by atoms with Gasteiger partial charge in [0.05, 0.1) is 0 Å². The molecule has 1 amide bonds.